The number of urea groups is 1. The molecule has 2 rings (SSSR count). The van der Waals surface area contributed by atoms with Crippen LogP contribution < -0.4 is 10.6 Å². The van der Waals surface area contributed by atoms with Crippen LogP contribution in [0.3, 0.4) is 0 Å². The molecule has 1 aromatic heterocycles. The van der Waals surface area contributed by atoms with E-state index in [9.17, 15) is 4.79 Å². The maximum atomic E-state index is 11.7. The molecule has 0 bridgehead atoms. The normalized spacial score (nSPS) is 10.5. The van der Waals surface area contributed by atoms with Gasteiger partial charge in [-0.15, -0.1) is 0 Å². The summed E-state index contributed by atoms with van der Waals surface area (Å²) in [6.45, 7) is 4.18. The highest BCUT2D eigenvalue weighted by Crippen LogP contribution is 2.13. The zero-order valence-corrected chi connectivity index (χ0v) is 10.9. The fraction of sp³-hybridized carbons (Fsp3) is 0.286. The van der Waals surface area contributed by atoms with Gasteiger partial charge in [-0.2, -0.15) is 0 Å². The molecule has 19 heavy (non-hydrogen) atoms. The number of amides is 2. The van der Waals surface area contributed by atoms with Gasteiger partial charge < -0.3 is 9.84 Å². The van der Waals surface area contributed by atoms with E-state index in [0.29, 0.717) is 17.4 Å². The summed E-state index contributed by atoms with van der Waals surface area (Å²) < 4.78 is 5.13. The Morgan fingerprint density at radius 1 is 1.47 bits per heavy atom. The molecule has 0 saturated carbocycles. The Labute approximate surface area is 112 Å². The molecular formula is C14H16N3O2. The molecule has 5 heteroatoms. The lowest BCUT2D eigenvalue weighted by Gasteiger charge is -2.03. The van der Waals surface area contributed by atoms with Crippen molar-refractivity contribution in [2.24, 2.45) is 5.92 Å². The fourth-order valence-electron chi connectivity index (χ4n) is 1.62. The van der Waals surface area contributed by atoms with Crippen molar-refractivity contribution in [1.29, 1.82) is 0 Å². The first-order chi connectivity index (χ1) is 9.13. The van der Waals surface area contributed by atoms with Gasteiger partial charge in [-0.05, 0) is 24.1 Å². The topological polar surface area (TPSA) is 67.2 Å². The second kappa shape index (κ2) is 6.04. The minimum Gasteiger partial charge on any atom is -0.359 e. The second-order valence-electron chi connectivity index (χ2n) is 4.65. The third-order valence-corrected chi connectivity index (χ3v) is 2.37. The first-order valence-electron chi connectivity index (χ1n) is 6.13. The minimum atomic E-state index is -0.357. The van der Waals surface area contributed by atoms with Gasteiger partial charge in [-0.25, -0.2) is 4.79 Å². The summed E-state index contributed by atoms with van der Waals surface area (Å²) in [6.07, 6.45) is 0.796. The van der Waals surface area contributed by atoms with Crippen molar-refractivity contribution in [3.63, 3.8) is 0 Å². The van der Waals surface area contributed by atoms with E-state index in [1.807, 2.05) is 0 Å². The number of aromatic nitrogens is 1. The molecule has 1 aromatic carbocycles. The third-order valence-electron chi connectivity index (χ3n) is 2.37. The summed E-state index contributed by atoms with van der Waals surface area (Å²) >= 11 is 0. The van der Waals surface area contributed by atoms with Crippen molar-refractivity contribution in [3.05, 3.63) is 42.2 Å². The summed E-state index contributed by atoms with van der Waals surface area (Å²) in [5.74, 6) is 1.65. The molecule has 99 valence electrons. The summed E-state index contributed by atoms with van der Waals surface area (Å²) in [7, 11) is 0. The van der Waals surface area contributed by atoms with Crippen LogP contribution in [0.25, 0.3) is 0 Å². The predicted octanol–water partition coefficient (Wildman–Crippen LogP) is 3.32. The van der Waals surface area contributed by atoms with Crippen LogP contribution in [0.4, 0.5) is 16.3 Å². The van der Waals surface area contributed by atoms with E-state index in [-0.39, 0.29) is 6.03 Å². The third kappa shape index (κ3) is 4.13. The monoisotopic (exact) mass is 258 g/mol. The zero-order valence-electron chi connectivity index (χ0n) is 10.9. The summed E-state index contributed by atoms with van der Waals surface area (Å²) in [5, 5.41) is 9.09. The summed E-state index contributed by atoms with van der Waals surface area (Å²) in [5.41, 5.74) is 0.672. The SMILES string of the molecule is CC(C)Cc1cc(NC(=O)Nc2c[c]ccc2)no1. The molecule has 2 aromatic rings. The van der Waals surface area contributed by atoms with Crippen LogP contribution in [-0.4, -0.2) is 11.2 Å². The molecule has 1 radical (unpaired) electrons. The van der Waals surface area contributed by atoms with Crippen molar-refractivity contribution in [2.45, 2.75) is 20.3 Å². The molecular weight excluding hydrogens is 242 g/mol. The Balaban J connectivity index is 1.90. The standard InChI is InChI=1S/C14H16N3O2/c1-10(2)8-12-9-13(17-19-12)16-14(18)15-11-6-4-3-5-7-11/h3-4,6-7,9-10H,8H2,1-2H3,(H2,15,16,17,18). The maximum Gasteiger partial charge on any atom is 0.324 e. The van der Waals surface area contributed by atoms with Gasteiger partial charge in [0.2, 0.25) is 0 Å². The van der Waals surface area contributed by atoms with Crippen LogP contribution in [0.5, 0.6) is 0 Å². The number of hydrogen-bond donors (Lipinski definition) is 2. The molecule has 0 aliphatic carbocycles. The van der Waals surface area contributed by atoms with E-state index >= 15 is 0 Å². The van der Waals surface area contributed by atoms with Crippen molar-refractivity contribution in [3.8, 4) is 0 Å². The lowest BCUT2D eigenvalue weighted by Crippen LogP contribution is -2.19. The number of nitrogens with one attached hydrogen (secondary N) is 2. The number of nitrogens with zero attached hydrogens (tertiary/aromatic N) is 1. The van der Waals surface area contributed by atoms with E-state index in [0.717, 1.165) is 12.2 Å². The number of carbonyl (C=O) groups is 1. The summed E-state index contributed by atoms with van der Waals surface area (Å²) in [4.78, 5) is 11.7. The van der Waals surface area contributed by atoms with Gasteiger partial charge in [0.25, 0.3) is 0 Å². The second-order valence-corrected chi connectivity index (χ2v) is 4.65. The van der Waals surface area contributed by atoms with Gasteiger partial charge in [0.1, 0.15) is 5.76 Å². The largest absolute Gasteiger partial charge is 0.359 e. The molecule has 5 nitrogen and oxygen atoms in total. The average Bonchev–Trinajstić information content (AvgIpc) is 2.76. The molecule has 0 unspecified atom stereocenters. The number of anilines is 2. The highest BCUT2D eigenvalue weighted by atomic mass is 16.5. The van der Waals surface area contributed by atoms with Crippen molar-refractivity contribution in [2.75, 3.05) is 10.6 Å². The lowest BCUT2D eigenvalue weighted by atomic mass is 10.1. The molecule has 0 aliphatic rings. The van der Waals surface area contributed by atoms with Crippen molar-refractivity contribution < 1.29 is 9.32 Å². The highest BCUT2D eigenvalue weighted by molar-refractivity contribution is 5.99. The van der Waals surface area contributed by atoms with E-state index < -0.39 is 0 Å². The Hall–Kier alpha value is -2.30. The van der Waals surface area contributed by atoms with Crippen LogP contribution in [0.1, 0.15) is 19.6 Å². The minimum absolute atomic E-state index is 0.357. The lowest BCUT2D eigenvalue weighted by molar-refractivity contribution is 0.262. The van der Waals surface area contributed by atoms with E-state index in [2.05, 4.69) is 35.7 Å². The molecule has 2 amide bonds. The number of carbonyl (C=O) groups excluding carboxylic acids is 1. The predicted molar refractivity (Wildman–Crippen MR) is 73.0 cm³/mol. The first-order valence-corrected chi connectivity index (χ1v) is 6.13. The van der Waals surface area contributed by atoms with Gasteiger partial charge >= 0.3 is 6.03 Å². The fourth-order valence-corrected chi connectivity index (χ4v) is 1.62. The van der Waals surface area contributed by atoms with Crippen molar-refractivity contribution >= 4 is 17.5 Å². The zero-order chi connectivity index (χ0) is 13.7. The highest BCUT2D eigenvalue weighted by Gasteiger charge is 2.09. The molecule has 0 fully saturated rings. The molecule has 0 aliphatic heterocycles. The Kier molecular flexibility index (Phi) is 4.18. The maximum absolute atomic E-state index is 11.7. The average molecular weight is 258 g/mol. The first kappa shape index (κ1) is 13.1. The molecule has 0 saturated heterocycles. The van der Waals surface area contributed by atoms with Gasteiger partial charge in [-0.1, -0.05) is 31.1 Å². The van der Waals surface area contributed by atoms with E-state index in [4.69, 9.17) is 4.52 Å². The number of hydrogen-bond acceptors (Lipinski definition) is 3. The Bertz CT molecular complexity index is 535. The van der Waals surface area contributed by atoms with E-state index in [1.54, 1.807) is 30.3 Å². The number of rotatable bonds is 4. The number of benzene rings is 1. The van der Waals surface area contributed by atoms with Crippen LogP contribution in [-0.2, 0) is 6.42 Å². The molecule has 2 N–H and O–H groups in total. The van der Waals surface area contributed by atoms with Crippen LogP contribution in [0, 0.1) is 12.0 Å². The molecule has 1 heterocycles. The van der Waals surface area contributed by atoms with Crippen molar-refractivity contribution in [1.82, 2.24) is 5.16 Å². The quantitative estimate of drug-likeness (QED) is 0.884. The van der Waals surface area contributed by atoms with Gasteiger partial charge in [-0.3, -0.25) is 5.32 Å². The smallest absolute Gasteiger partial charge is 0.324 e. The van der Waals surface area contributed by atoms with Crippen LogP contribution >= 0.6 is 0 Å². The van der Waals surface area contributed by atoms with Gasteiger partial charge in [0.05, 0.1) is 0 Å². The van der Waals surface area contributed by atoms with Crippen LogP contribution in [0.2, 0.25) is 0 Å². The van der Waals surface area contributed by atoms with Crippen LogP contribution in [0.15, 0.2) is 34.9 Å². The molecule has 0 atom stereocenters. The Morgan fingerprint density at radius 3 is 3.00 bits per heavy atom. The molecule has 0 spiro atoms. The van der Waals surface area contributed by atoms with Gasteiger partial charge in [0, 0.05) is 18.2 Å². The summed E-state index contributed by atoms with van der Waals surface area (Å²) in [6, 6.07) is 11.3. The van der Waals surface area contributed by atoms with Gasteiger partial charge in [0.15, 0.2) is 5.82 Å². The Morgan fingerprint density at radius 2 is 2.32 bits per heavy atom. The van der Waals surface area contributed by atoms with E-state index in [1.165, 1.54) is 0 Å².